The molecule has 6 atom stereocenters. The number of rotatable bonds is 19. The van der Waals surface area contributed by atoms with E-state index in [1.807, 2.05) is 71.5 Å². The first kappa shape index (κ1) is 45.7. The highest BCUT2D eigenvalue weighted by Crippen LogP contribution is 2.33. The summed E-state index contributed by atoms with van der Waals surface area (Å²) in [5, 5.41) is 26.1. The molecule has 1 aliphatic rings. The van der Waals surface area contributed by atoms with Crippen molar-refractivity contribution in [1.29, 1.82) is 0 Å². The lowest BCUT2D eigenvalue weighted by Crippen LogP contribution is -2.63. The largest absolute Gasteiger partial charge is 0.508 e. The van der Waals surface area contributed by atoms with Gasteiger partial charge in [-0.05, 0) is 48.0 Å². The predicted octanol–water partition coefficient (Wildman–Crippen LogP) is 4.90. The third-order valence-electron chi connectivity index (χ3n) is 10.1. The van der Waals surface area contributed by atoms with Crippen molar-refractivity contribution in [1.82, 2.24) is 24.6 Å². The van der Waals surface area contributed by atoms with E-state index in [0.29, 0.717) is 32.7 Å². The van der Waals surface area contributed by atoms with Crippen LogP contribution in [0.15, 0.2) is 116 Å². The number of ether oxygens (including phenoxy) is 6. The number of pyridine rings is 1. The van der Waals surface area contributed by atoms with E-state index in [4.69, 9.17) is 28.4 Å². The van der Waals surface area contributed by atoms with Crippen LogP contribution >= 0.6 is 0 Å². The fraction of sp³-hybridized carbons (Fsp3) is 0.348. The highest BCUT2D eigenvalue weighted by atomic mass is 16.7. The summed E-state index contributed by atoms with van der Waals surface area (Å²) in [5.74, 6) is -2.28. The molecule has 0 saturated carbocycles. The van der Waals surface area contributed by atoms with Gasteiger partial charge in [0.1, 0.15) is 36.1 Å². The molecule has 1 saturated heterocycles. The summed E-state index contributed by atoms with van der Waals surface area (Å²) in [6, 6.07) is 29.0. The van der Waals surface area contributed by atoms with Gasteiger partial charge in [0.2, 0.25) is 12.4 Å². The summed E-state index contributed by atoms with van der Waals surface area (Å²) in [6.07, 6.45) is -1.93. The molecule has 0 amide bonds. The zero-order valence-corrected chi connectivity index (χ0v) is 35.4. The van der Waals surface area contributed by atoms with Gasteiger partial charge in [-0.15, -0.1) is 0 Å². The summed E-state index contributed by atoms with van der Waals surface area (Å²) in [4.78, 5) is 57.8. The Morgan fingerprint density at radius 1 is 0.683 bits per heavy atom. The lowest BCUT2D eigenvalue weighted by Gasteiger charge is -2.43. The zero-order valence-electron chi connectivity index (χ0n) is 35.4. The van der Waals surface area contributed by atoms with Crippen molar-refractivity contribution in [2.45, 2.75) is 84.2 Å². The Labute approximate surface area is 364 Å². The van der Waals surface area contributed by atoms with E-state index in [0.717, 1.165) is 43.2 Å². The average Bonchev–Trinajstić information content (AvgIpc) is 3.78. The number of nitrogens with zero attached hydrogens (tertiary/aromatic N) is 5. The second-order valence-electron chi connectivity index (χ2n) is 14.9. The van der Waals surface area contributed by atoms with Gasteiger partial charge in [-0.1, -0.05) is 54.6 Å². The van der Waals surface area contributed by atoms with E-state index in [2.05, 4.69) is 19.9 Å². The Morgan fingerprint density at radius 2 is 1.29 bits per heavy atom. The van der Waals surface area contributed by atoms with Crippen LogP contribution in [-0.2, 0) is 62.5 Å². The van der Waals surface area contributed by atoms with Crippen molar-refractivity contribution in [2.24, 2.45) is 0 Å². The molecule has 63 heavy (non-hydrogen) atoms. The molecule has 0 spiro atoms. The summed E-state index contributed by atoms with van der Waals surface area (Å²) < 4.78 is 36.1. The molecule has 17 heteroatoms. The third-order valence-corrected chi connectivity index (χ3v) is 10.1. The minimum atomic E-state index is -1.42. The molecule has 6 rings (SSSR count). The van der Waals surface area contributed by atoms with Crippen molar-refractivity contribution >= 4 is 23.9 Å². The molecule has 3 heterocycles. The molecule has 5 aromatic rings. The average molecular weight is 866 g/mol. The van der Waals surface area contributed by atoms with Crippen LogP contribution in [0.4, 0.5) is 0 Å². The van der Waals surface area contributed by atoms with Crippen LogP contribution in [0.5, 0.6) is 17.2 Å². The van der Waals surface area contributed by atoms with Crippen molar-refractivity contribution in [3.63, 3.8) is 0 Å². The molecule has 17 nitrogen and oxygen atoms in total. The molecule has 1 fully saturated rings. The minimum Gasteiger partial charge on any atom is -0.508 e. The first-order valence-electron chi connectivity index (χ1n) is 20.3. The van der Waals surface area contributed by atoms with E-state index < -0.39 is 67.4 Å². The molecule has 0 bridgehead atoms. The van der Waals surface area contributed by atoms with Gasteiger partial charge in [-0.3, -0.25) is 38.6 Å². The number of phenolic OH excluding ortho intramolecular Hbond substituents is 2. The van der Waals surface area contributed by atoms with Crippen LogP contribution in [0.2, 0.25) is 0 Å². The van der Waals surface area contributed by atoms with Crippen LogP contribution in [0.3, 0.4) is 0 Å². The van der Waals surface area contributed by atoms with Gasteiger partial charge in [0.25, 0.3) is 0 Å². The molecule has 2 N–H and O–H groups in total. The quantitative estimate of drug-likeness (QED) is 0.0838. The Bertz CT molecular complexity index is 2230. The van der Waals surface area contributed by atoms with Crippen LogP contribution in [0, 0.1) is 0 Å². The molecule has 2 aromatic heterocycles. The first-order valence-corrected chi connectivity index (χ1v) is 20.3. The van der Waals surface area contributed by atoms with E-state index in [1.54, 1.807) is 48.8 Å². The van der Waals surface area contributed by atoms with E-state index in [-0.39, 0.29) is 17.2 Å². The Kier molecular flexibility index (Phi) is 15.8. The lowest BCUT2D eigenvalue weighted by molar-refractivity contribution is -0.288. The van der Waals surface area contributed by atoms with Crippen LogP contribution in [0.25, 0.3) is 0 Å². The van der Waals surface area contributed by atoms with Gasteiger partial charge in [-0.25, -0.2) is 0 Å². The Morgan fingerprint density at radius 3 is 1.84 bits per heavy atom. The van der Waals surface area contributed by atoms with Gasteiger partial charge in [0.05, 0.1) is 5.69 Å². The number of hydrogen-bond acceptors (Lipinski definition) is 16. The van der Waals surface area contributed by atoms with E-state index in [9.17, 15) is 29.4 Å². The van der Waals surface area contributed by atoms with Gasteiger partial charge in [0, 0.05) is 90.1 Å². The number of hydrogen-bond donors (Lipinski definition) is 2. The molecule has 332 valence electrons. The number of aromatic nitrogens is 3. The standard InChI is InChI=1S/C46H51N5O12/c1-30(52)58-29-41-42(59-31(2)53)43(60-32(3)54)44(61-33(4)55)46(63-41)62-38-19-17-34(18-20-38)45(51-23-11-22-48-51)50(28-37-14-9-10-21-47-37)25-24-49(26-35-12-5-7-15-39(35)56)27-36-13-6-8-16-40(36)57/h5-23,41-46,56-57H,24-29H2,1-4H3/t41-,42+,43+,44-,45?,46-/m1/s1. The molecule has 0 radical (unpaired) electrons. The predicted molar refractivity (Wildman–Crippen MR) is 224 cm³/mol. The van der Waals surface area contributed by atoms with Crippen LogP contribution in [0.1, 0.15) is 56.2 Å². The summed E-state index contributed by atoms with van der Waals surface area (Å²) in [6.45, 7) is 6.44. The molecule has 0 aliphatic carbocycles. The number of phenols is 2. The van der Waals surface area contributed by atoms with Crippen molar-refractivity contribution in [3.05, 3.63) is 138 Å². The van der Waals surface area contributed by atoms with Crippen molar-refractivity contribution in [2.75, 3.05) is 19.7 Å². The molecular weight excluding hydrogens is 815 g/mol. The molecular formula is C46H51N5O12. The first-order chi connectivity index (χ1) is 30.3. The number of carbonyl (C=O) groups is 4. The Balaban J connectivity index is 1.32. The van der Waals surface area contributed by atoms with Gasteiger partial charge >= 0.3 is 23.9 Å². The molecule has 1 aliphatic heterocycles. The van der Waals surface area contributed by atoms with Crippen LogP contribution in [-0.4, -0.2) is 109 Å². The topological polar surface area (TPSA) is 201 Å². The van der Waals surface area contributed by atoms with Crippen molar-refractivity contribution in [3.8, 4) is 17.2 Å². The fourth-order valence-corrected chi connectivity index (χ4v) is 7.33. The molecule has 1 unspecified atom stereocenters. The van der Waals surface area contributed by atoms with E-state index in [1.165, 1.54) is 6.92 Å². The highest BCUT2D eigenvalue weighted by molar-refractivity contribution is 5.68. The summed E-state index contributed by atoms with van der Waals surface area (Å²) in [7, 11) is 0. The number of para-hydroxylation sites is 2. The van der Waals surface area contributed by atoms with Gasteiger partial charge in [-0.2, -0.15) is 5.10 Å². The Hall–Kier alpha value is -6.82. The van der Waals surface area contributed by atoms with Gasteiger partial charge in [0.15, 0.2) is 12.2 Å². The second-order valence-corrected chi connectivity index (χ2v) is 14.9. The summed E-state index contributed by atoms with van der Waals surface area (Å²) in [5.41, 5.74) is 3.09. The monoisotopic (exact) mass is 865 g/mol. The van der Waals surface area contributed by atoms with Gasteiger partial charge < -0.3 is 38.6 Å². The number of aromatic hydroxyl groups is 2. The third kappa shape index (κ3) is 12.9. The lowest BCUT2D eigenvalue weighted by atomic mass is 9.98. The molecule has 3 aromatic carbocycles. The number of benzene rings is 3. The fourth-order valence-electron chi connectivity index (χ4n) is 7.33. The van der Waals surface area contributed by atoms with Crippen molar-refractivity contribution < 1.29 is 57.8 Å². The highest BCUT2D eigenvalue weighted by Gasteiger charge is 2.53. The number of carbonyl (C=O) groups excluding carboxylic acids is 4. The SMILES string of the molecule is CC(=O)OC[C@H]1O[C@@H](Oc2ccc(C(N(CCN(Cc3ccccc3O)Cc3ccccc3O)Cc3ccccn3)n3cccn3)cc2)[C@H](OC(C)=O)[C@@H](OC(C)=O)[C@H]1OC(C)=O. The maximum Gasteiger partial charge on any atom is 0.303 e. The maximum atomic E-state index is 12.4. The zero-order chi connectivity index (χ0) is 44.9. The summed E-state index contributed by atoms with van der Waals surface area (Å²) >= 11 is 0. The smallest absolute Gasteiger partial charge is 0.303 e. The van der Waals surface area contributed by atoms with Crippen LogP contribution < -0.4 is 4.74 Å². The maximum absolute atomic E-state index is 12.4. The minimum absolute atomic E-state index is 0.172. The normalized spacial score (nSPS) is 18.9. The number of esters is 4. The van der Waals surface area contributed by atoms with E-state index >= 15 is 0 Å². The second kappa shape index (κ2) is 21.8.